The van der Waals surface area contributed by atoms with Crippen molar-refractivity contribution in [1.82, 2.24) is 15.0 Å². The summed E-state index contributed by atoms with van der Waals surface area (Å²) in [6.45, 7) is 3.42. The Morgan fingerprint density at radius 1 is 1.32 bits per heavy atom. The van der Waals surface area contributed by atoms with E-state index in [9.17, 15) is 0 Å². The molecule has 0 saturated heterocycles. The summed E-state index contributed by atoms with van der Waals surface area (Å²) in [5.41, 5.74) is 2.77. The minimum absolute atomic E-state index is 0.357. The van der Waals surface area contributed by atoms with Gasteiger partial charge < -0.3 is 9.47 Å². The van der Waals surface area contributed by atoms with Gasteiger partial charge in [-0.2, -0.15) is 0 Å². The molecular weight excluding hydrogens is 266 g/mol. The first kappa shape index (κ1) is 14.0. The van der Waals surface area contributed by atoms with Gasteiger partial charge in [0, 0.05) is 17.7 Å². The van der Waals surface area contributed by atoms with Gasteiger partial charge in [0.15, 0.2) is 0 Å². The van der Waals surface area contributed by atoms with E-state index in [0.29, 0.717) is 19.9 Å². The molecular formula is C13H16ClN3O2. The number of hydrogen-bond donors (Lipinski definition) is 0. The maximum absolute atomic E-state index is 6.10. The predicted molar refractivity (Wildman–Crippen MR) is 73.0 cm³/mol. The largest absolute Gasteiger partial charge is 0.382 e. The summed E-state index contributed by atoms with van der Waals surface area (Å²) in [4.78, 5) is 0. The van der Waals surface area contributed by atoms with Gasteiger partial charge in [0.2, 0.25) is 0 Å². The van der Waals surface area contributed by atoms with Crippen molar-refractivity contribution in [3.63, 3.8) is 0 Å². The first-order valence-corrected chi connectivity index (χ1v) is 6.32. The maximum Gasteiger partial charge on any atom is 0.141 e. The van der Waals surface area contributed by atoms with Gasteiger partial charge in [0.1, 0.15) is 12.4 Å². The number of benzene rings is 1. The number of aromatic nitrogens is 3. The van der Waals surface area contributed by atoms with Crippen LogP contribution in [0.4, 0.5) is 0 Å². The minimum Gasteiger partial charge on any atom is -0.382 e. The Hall–Kier alpha value is -1.43. The van der Waals surface area contributed by atoms with Gasteiger partial charge in [-0.15, -0.1) is 5.10 Å². The van der Waals surface area contributed by atoms with Crippen LogP contribution < -0.4 is 0 Å². The van der Waals surface area contributed by atoms with Crippen LogP contribution in [0, 0.1) is 6.92 Å². The molecule has 0 amide bonds. The molecule has 0 unspecified atom stereocenters. The molecule has 1 aromatic carbocycles. The lowest BCUT2D eigenvalue weighted by atomic mass is 10.1. The third-order valence-electron chi connectivity index (χ3n) is 2.74. The van der Waals surface area contributed by atoms with Crippen LogP contribution in [-0.2, 0) is 16.2 Å². The normalized spacial score (nSPS) is 10.9. The Balaban J connectivity index is 2.06. The van der Waals surface area contributed by atoms with Crippen LogP contribution in [0.15, 0.2) is 24.4 Å². The second-order valence-corrected chi connectivity index (χ2v) is 4.49. The lowest BCUT2D eigenvalue weighted by molar-refractivity contribution is 0.0281. The fourth-order valence-corrected chi connectivity index (χ4v) is 1.84. The SMILES string of the molecule is COCCOCn1cc(-c2cccc(Cl)c2C)nn1. The molecule has 102 valence electrons. The molecule has 0 spiro atoms. The van der Waals surface area contributed by atoms with Crippen LogP contribution in [0.5, 0.6) is 0 Å². The van der Waals surface area contributed by atoms with E-state index in [2.05, 4.69) is 10.3 Å². The van der Waals surface area contributed by atoms with E-state index in [0.717, 1.165) is 21.8 Å². The molecule has 6 heteroatoms. The highest BCUT2D eigenvalue weighted by Crippen LogP contribution is 2.26. The summed E-state index contributed by atoms with van der Waals surface area (Å²) in [6, 6.07) is 5.73. The summed E-state index contributed by atoms with van der Waals surface area (Å²) in [7, 11) is 1.64. The lowest BCUT2D eigenvalue weighted by Crippen LogP contribution is -2.07. The molecule has 5 nitrogen and oxygen atoms in total. The molecule has 2 rings (SSSR count). The van der Waals surface area contributed by atoms with Crippen molar-refractivity contribution < 1.29 is 9.47 Å². The van der Waals surface area contributed by atoms with E-state index in [1.807, 2.05) is 31.3 Å². The number of ether oxygens (including phenoxy) is 2. The topological polar surface area (TPSA) is 49.2 Å². The summed E-state index contributed by atoms with van der Waals surface area (Å²) in [5.74, 6) is 0. The number of hydrogen-bond acceptors (Lipinski definition) is 4. The van der Waals surface area contributed by atoms with E-state index in [4.69, 9.17) is 21.1 Å². The fourth-order valence-electron chi connectivity index (χ4n) is 1.67. The lowest BCUT2D eigenvalue weighted by Gasteiger charge is -2.03. The average Bonchev–Trinajstić information content (AvgIpc) is 2.87. The molecule has 0 bridgehead atoms. The van der Waals surface area contributed by atoms with Gasteiger partial charge in [0.25, 0.3) is 0 Å². The second-order valence-electron chi connectivity index (χ2n) is 4.09. The zero-order valence-electron chi connectivity index (χ0n) is 11.0. The Labute approximate surface area is 117 Å². The van der Waals surface area contributed by atoms with Crippen molar-refractivity contribution in [2.75, 3.05) is 20.3 Å². The molecule has 0 aliphatic carbocycles. The Morgan fingerprint density at radius 2 is 2.16 bits per heavy atom. The number of methoxy groups -OCH3 is 1. The molecule has 0 atom stereocenters. The van der Waals surface area contributed by atoms with Gasteiger partial charge in [-0.3, -0.25) is 0 Å². The third kappa shape index (κ3) is 3.53. The Kier molecular flexibility index (Phi) is 4.90. The zero-order valence-corrected chi connectivity index (χ0v) is 11.7. The summed E-state index contributed by atoms with van der Waals surface area (Å²) < 4.78 is 11.9. The quantitative estimate of drug-likeness (QED) is 0.764. The van der Waals surface area contributed by atoms with Crippen molar-refractivity contribution in [3.8, 4) is 11.3 Å². The molecule has 0 radical (unpaired) electrons. The Bertz CT molecular complexity index is 542. The van der Waals surface area contributed by atoms with Crippen LogP contribution in [0.1, 0.15) is 5.56 Å². The minimum atomic E-state index is 0.357. The van der Waals surface area contributed by atoms with Crippen LogP contribution in [0.2, 0.25) is 5.02 Å². The molecule has 0 aliphatic rings. The molecule has 0 aliphatic heterocycles. The zero-order chi connectivity index (χ0) is 13.7. The molecule has 1 aromatic heterocycles. The van der Waals surface area contributed by atoms with Gasteiger partial charge in [-0.25, -0.2) is 4.68 Å². The summed E-state index contributed by atoms with van der Waals surface area (Å²) in [6.07, 6.45) is 1.84. The highest BCUT2D eigenvalue weighted by molar-refractivity contribution is 6.31. The molecule has 0 saturated carbocycles. The van der Waals surface area contributed by atoms with Crippen LogP contribution >= 0.6 is 11.6 Å². The third-order valence-corrected chi connectivity index (χ3v) is 3.15. The van der Waals surface area contributed by atoms with E-state index in [1.165, 1.54) is 0 Å². The summed E-state index contributed by atoms with van der Waals surface area (Å²) >= 11 is 6.10. The van der Waals surface area contributed by atoms with E-state index in [-0.39, 0.29) is 0 Å². The van der Waals surface area contributed by atoms with Gasteiger partial charge >= 0.3 is 0 Å². The molecule has 0 N–H and O–H groups in total. The number of rotatable bonds is 6. The molecule has 1 heterocycles. The second kappa shape index (κ2) is 6.65. The van der Waals surface area contributed by atoms with E-state index in [1.54, 1.807) is 11.8 Å². The van der Waals surface area contributed by atoms with Gasteiger partial charge in [-0.05, 0) is 18.6 Å². The highest BCUT2D eigenvalue weighted by Gasteiger charge is 2.08. The first-order valence-electron chi connectivity index (χ1n) is 5.94. The molecule has 19 heavy (non-hydrogen) atoms. The monoisotopic (exact) mass is 281 g/mol. The molecule has 2 aromatic rings. The van der Waals surface area contributed by atoms with Crippen molar-refractivity contribution in [2.45, 2.75) is 13.7 Å². The number of halogens is 1. The van der Waals surface area contributed by atoms with Crippen molar-refractivity contribution in [1.29, 1.82) is 0 Å². The number of nitrogens with zero attached hydrogens (tertiary/aromatic N) is 3. The predicted octanol–water partition coefficient (Wildman–Crippen LogP) is 2.53. The van der Waals surface area contributed by atoms with Crippen LogP contribution in [0.3, 0.4) is 0 Å². The standard InChI is InChI=1S/C13H16ClN3O2/c1-10-11(4-3-5-12(10)14)13-8-17(16-15-13)9-19-7-6-18-2/h3-5,8H,6-7,9H2,1-2H3. The smallest absolute Gasteiger partial charge is 0.141 e. The van der Waals surface area contributed by atoms with Crippen LogP contribution in [-0.4, -0.2) is 35.3 Å². The van der Waals surface area contributed by atoms with Gasteiger partial charge in [0.05, 0.1) is 19.4 Å². The van der Waals surface area contributed by atoms with E-state index >= 15 is 0 Å². The van der Waals surface area contributed by atoms with E-state index < -0.39 is 0 Å². The maximum atomic E-state index is 6.10. The average molecular weight is 282 g/mol. The van der Waals surface area contributed by atoms with Gasteiger partial charge in [-0.1, -0.05) is 28.9 Å². The fraction of sp³-hybridized carbons (Fsp3) is 0.385. The first-order chi connectivity index (χ1) is 9.22. The van der Waals surface area contributed by atoms with Crippen LogP contribution in [0.25, 0.3) is 11.3 Å². The highest BCUT2D eigenvalue weighted by atomic mass is 35.5. The van der Waals surface area contributed by atoms with Crippen molar-refractivity contribution in [2.24, 2.45) is 0 Å². The van der Waals surface area contributed by atoms with Crippen molar-refractivity contribution >= 4 is 11.6 Å². The van der Waals surface area contributed by atoms with Crippen molar-refractivity contribution in [3.05, 3.63) is 35.0 Å². The summed E-state index contributed by atoms with van der Waals surface area (Å²) in [5, 5.41) is 8.87. The molecule has 0 fully saturated rings. The Morgan fingerprint density at radius 3 is 2.95 bits per heavy atom.